The molecule has 2 rings (SSSR count). The van der Waals surface area contributed by atoms with Gasteiger partial charge in [-0.15, -0.1) is 11.3 Å². The van der Waals surface area contributed by atoms with Gasteiger partial charge in [0.2, 0.25) is 0 Å². The Bertz CT molecular complexity index is 342. The van der Waals surface area contributed by atoms with E-state index in [2.05, 4.69) is 38.3 Å². The Morgan fingerprint density at radius 3 is 2.76 bits per heavy atom. The van der Waals surface area contributed by atoms with Crippen LogP contribution < -0.4 is 5.73 Å². The third-order valence-electron chi connectivity index (χ3n) is 4.38. The highest BCUT2D eigenvalue weighted by atomic mass is 32.1. The molecule has 3 unspecified atom stereocenters. The molecule has 2 heteroatoms. The molecule has 0 bridgehead atoms. The third-order valence-corrected chi connectivity index (χ3v) is 5.25. The first-order chi connectivity index (χ1) is 7.99. The van der Waals surface area contributed by atoms with Gasteiger partial charge in [-0.25, -0.2) is 0 Å². The molecule has 1 fully saturated rings. The quantitative estimate of drug-likeness (QED) is 0.860. The molecule has 17 heavy (non-hydrogen) atoms. The van der Waals surface area contributed by atoms with Gasteiger partial charge in [0.1, 0.15) is 0 Å². The number of rotatable bonds is 3. The maximum atomic E-state index is 6.39. The molecule has 2 N–H and O–H groups in total. The summed E-state index contributed by atoms with van der Waals surface area (Å²) >= 11 is 1.87. The SMILES string of the molecule is CC1CCC(C(C)(C)Cc2cccs2)C(N)C1. The van der Waals surface area contributed by atoms with Crippen molar-refractivity contribution in [2.45, 2.75) is 52.5 Å². The van der Waals surface area contributed by atoms with E-state index in [4.69, 9.17) is 5.73 Å². The van der Waals surface area contributed by atoms with E-state index in [0.29, 0.717) is 17.4 Å². The molecular weight excluding hydrogens is 226 g/mol. The lowest BCUT2D eigenvalue weighted by atomic mass is 9.65. The summed E-state index contributed by atoms with van der Waals surface area (Å²) in [5.74, 6) is 1.50. The van der Waals surface area contributed by atoms with Crippen LogP contribution in [0.25, 0.3) is 0 Å². The van der Waals surface area contributed by atoms with Crippen LogP contribution in [0.15, 0.2) is 17.5 Å². The second-order valence-electron chi connectivity index (χ2n) is 6.43. The maximum absolute atomic E-state index is 6.39. The Balaban J connectivity index is 2.04. The van der Waals surface area contributed by atoms with Gasteiger partial charge < -0.3 is 5.73 Å². The van der Waals surface area contributed by atoms with E-state index in [0.717, 1.165) is 5.92 Å². The van der Waals surface area contributed by atoms with E-state index < -0.39 is 0 Å². The minimum absolute atomic E-state index is 0.338. The van der Waals surface area contributed by atoms with Crippen molar-refractivity contribution < 1.29 is 0 Å². The molecule has 0 saturated heterocycles. The second kappa shape index (κ2) is 5.11. The van der Waals surface area contributed by atoms with Crippen LogP contribution in [-0.4, -0.2) is 6.04 Å². The molecular formula is C15H25NS. The van der Waals surface area contributed by atoms with Crippen LogP contribution in [0, 0.1) is 17.3 Å². The lowest BCUT2D eigenvalue weighted by molar-refractivity contribution is 0.114. The van der Waals surface area contributed by atoms with Crippen LogP contribution in [0.2, 0.25) is 0 Å². The number of hydrogen-bond acceptors (Lipinski definition) is 2. The van der Waals surface area contributed by atoms with Crippen molar-refractivity contribution in [3.63, 3.8) is 0 Å². The molecule has 0 radical (unpaired) electrons. The highest BCUT2D eigenvalue weighted by Crippen LogP contribution is 2.41. The normalized spacial score (nSPS) is 30.5. The van der Waals surface area contributed by atoms with Crippen molar-refractivity contribution in [1.29, 1.82) is 0 Å². The zero-order valence-corrected chi connectivity index (χ0v) is 12.1. The molecule has 1 aliphatic rings. The van der Waals surface area contributed by atoms with Crippen molar-refractivity contribution in [2.24, 2.45) is 23.0 Å². The Labute approximate surface area is 109 Å². The first kappa shape index (κ1) is 13.1. The van der Waals surface area contributed by atoms with Gasteiger partial charge in [0.05, 0.1) is 0 Å². The summed E-state index contributed by atoms with van der Waals surface area (Å²) < 4.78 is 0. The zero-order valence-electron chi connectivity index (χ0n) is 11.3. The summed E-state index contributed by atoms with van der Waals surface area (Å²) in [7, 11) is 0. The first-order valence-electron chi connectivity index (χ1n) is 6.77. The fraction of sp³-hybridized carbons (Fsp3) is 0.733. The minimum atomic E-state index is 0.338. The number of hydrogen-bond donors (Lipinski definition) is 1. The fourth-order valence-electron chi connectivity index (χ4n) is 3.39. The monoisotopic (exact) mass is 251 g/mol. The molecule has 1 aliphatic carbocycles. The highest BCUT2D eigenvalue weighted by Gasteiger charge is 2.37. The topological polar surface area (TPSA) is 26.0 Å². The highest BCUT2D eigenvalue weighted by molar-refractivity contribution is 7.09. The van der Waals surface area contributed by atoms with Crippen LogP contribution in [0.4, 0.5) is 0 Å². The largest absolute Gasteiger partial charge is 0.327 e. The molecule has 0 amide bonds. The molecule has 0 spiro atoms. The van der Waals surface area contributed by atoms with E-state index in [1.165, 1.54) is 30.6 Å². The van der Waals surface area contributed by atoms with Gasteiger partial charge in [0.15, 0.2) is 0 Å². The Kier molecular flexibility index (Phi) is 3.94. The van der Waals surface area contributed by atoms with Crippen molar-refractivity contribution in [3.05, 3.63) is 22.4 Å². The smallest absolute Gasteiger partial charge is 0.00749 e. The maximum Gasteiger partial charge on any atom is 0.00749 e. The third kappa shape index (κ3) is 3.11. The molecule has 1 aromatic heterocycles. The Hall–Kier alpha value is -0.340. The lowest BCUT2D eigenvalue weighted by Gasteiger charge is -2.42. The average Bonchev–Trinajstić information content (AvgIpc) is 2.68. The van der Waals surface area contributed by atoms with Gasteiger partial charge in [-0.3, -0.25) is 0 Å². The van der Waals surface area contributed by atoms with Gasteiger partial charge >= 0.3 is 0 Å². The van der Waals surface area contributed by atoms with E-state index >= 15 is 0 Å². The predicted octanol–water partition coefficient (Wildman–Crippen LogP) is 4.08. The Morgan fingerprint density at radius 1 is 1.41 bits per heavy atom. The van der Waals surface area contributed by atoms with E-state index in [-0.39, 0.29) is 0 Å². The standard InChI is InChI=1S/C15H25NS/c1-11-6-7-13(14(16)9-11)15(2,3)10-12-5-4-8-17-12/h4-5,8,11,13-14H,6-7,9-10,16H2,1-3H3. The minimum Gasteiger partial charge on any atom is -0.327 e. The van der Waals surface area contributed by atoms with E-state index in [1.807, 2.05) is 11.3 Å². The van der Waals surface area contributed by atoms with Crippen LogP contribution in [0.1, 0.15) is 44.9 Å². The first-order valence-corrected chi connectivity index (χ1v) is 7.65. The number of thiophene rings is 1. The van der Waals surface area contributed by atoms with Gasteiger partial charge in [-0.2, -0.15) is 0 Å². The zero-order chi connectivity index (χ0) is 12.5. The molecule has 0 aliphatic heterocycles. The summed E-state index contributed by atoms with van der Waals surface area (Å²) in [6.07, 6.45) is 5.04. The lowest BCUT2D eigenvalue weighted by Crippen LogP contribution is -2.44. The molecule has 1 aromatic rings. The van der Waals surface area contributed by atoms with Crippen LogP contribution in [0.5, 0.6) is 0 Å². The van der Waals surface area contributed by atoms with Gasteiger partial charge in [-0.05, 0) is 48.0 Å². The molecule has 1 nitrogen and oxygen atoms in total. The fourth-order valence-corrected chi connectivity index (χ4v) is 4.33. The van der Waals surface area contributed by atoms with E-state index in [9.17, 15) is 0 Å². The second-order valence-corrected chi connectivity index (χ2v) is 7.47. The molecule has 1 heterocycles. The average molecular weight is 251 g/mol. The van der Waals surface area contributed by atoms with Gasteiger partial charge in [-0.1, -0.05) is 33.3 Å². The summed E-state index contributed by atoms with van der Waals surface area (Å²) in [4.78, 5) is 1.50. The Morgan fingerprint density at radius 2 is 2.18 bits per heavy atom. The van der Waals surface area contributed by atoms with Gasteiger partial charge in [0.25, 0.3) is 0 Å². The molecule has 0 aromatic carbocycles. The van der Waals surface area contributed by atoms with Crippen molar-refractivity contribution in [1.82, 2.24) is 0 Å². The summed E-state index contributed by atoms with van der Waals surface area (Å²) in [6, 6.07) is 4.80. The molecule has 3 atom stereocenters. The number of nitrogens with two attached hydrogens (primary N) is 1. The van der Waals surface area contributed by atoms with E-state index in [1.54, 1.807) is 0 Å². The molecule has 1 saturated carbocycles. The van der Waals surface area contributed by atoms with Crippen molar-refractivity contribution in [3.8, 4) is 0 Å². The summed E-state index contributed by atoms with van der Waals surface area (Å²) in [5.41, 5.74) is 6.73. The van der Waals surface area contributed by atoms with Crippen LogP contribution in [-0.2, 0) is 6.42 Å². The van der Waals surface area contributed by atoms with Gasteiger partial charge in [0, 0.05) is 10.9 Å². The van der Waals surface area contributed by atoms with Crippen molar-refractivity contribution >= 4 is 11.3 Å². The van der Waals surface area contributed by atoms with Crippen molar-refractivity contribution in [2.75, 3.05) is 0 Å². The summed E-state index contributed by atoms with van der Waals surface area (Å²) in [5, 5.41) is 2.17. The summed E-state index contributed by atoms with van der Waals surface area (Å²) in [6.45, 7) is 7.13. The van der Waals surface area contributed by atoms with Crippen LogP contribution in [0.3, 0.4) is 0 Å². The van der Waals surface area contributed by atoms with Crippen LogP contribution >= 0.6 is 11.3 Å². The predicted molar refractivity (Wildman–Crippen MR) is 76.3 cm³/mol. The molecule has 96 valence electrons.